The highest BCUT2D eigenvalue weighted by atomic mass is 35.5. The van der Waals surface area contributed by atoms with Gasteiger partial charge in [0.2, 0.25) is 0 Å². The largest absolute Gasteiger partial charge is 0.457 e. The Kier molecular flexibility index (Phi) is 4.09. The first-order valence-electron chi connectivity index (χ1n) is 5.77. The topological polar surface area (TPSA) is 59.1 Å². The highest BCUT2D eigenvalue weighted by Crippen LogP contribution is 2.34. The van der Waals surface area contributed by atoms with Gasteiger partial charge in [0.15, 0.2) is 0 Å². The van der Waals surface area contributed by atoms with E-state index in [0.717, 1.165) is 12.1 Å². The summed E-state index contributed by atoms with van der Waals surface area (Å²) >= 11 is 5.91. The molecule has 0 aromatic heterocycles. The van der Waals surface area contributed by atoms with Crippen LogP contribution in [0.25, 0.3) is 0 Å². The van der Waals surface area contributed by atoms with Gasteiger partial charge in [-0.25, -0.2) is 0 Å². The number of ether oxygens (including phenoxy) is 1. The van der Waals surface area contributed by atoms with Gasteiger partial charge in [-0.15, -0.1) is 0 Å². The smallest absolute Gasteiger partial charge is 0.416 e. The van der Waals surface area contributed by atoms with Gasteiger partial charge in [-0.3, -0.25) is 5.41 Å². The molecule has 110 valence electrons. The molecule has 2 rings (SSSR count). The van der Waals surface area contributed by atoms with Gasteiger partial charge in [0.25, 0.3) is 0 Å². The lowest BCUT2D eigenvalue weighted by molar-refractivity contribution is -0.137. The molecule has 0 saturated carbocycles. The van der Waals surface area contributed by atoms with Crippen molar-refractivity contribution in [3.05, 3.63) is 58.6 Å². The van der Waals surface area contributed by atoms with Crippen LogP contribution in [0.2, 0.25) is 5.02 Å². The average molecular weight is 315 g/mol. The summed E-state index contributed by atoms with van der Waals surface area (Å²) in [6.45, 7) is 0. The molecule has 0 bridgehead atoms. The Morgan fingerprint density at radius 2 is 1.81 bits per heavy atom. The molecule has 2 aromatic carbocycles. The van der Waals surface area contributed by atoms with Crippen LogP contribution in [0.5, 0.6) is 11.5 Å². The van der Waals surface area contributed by atoms with Crippen LogP contribution in [0.1, 0.15) is 11.1 Å². The molecule has 0 atom stereocenters. The Morgan fingerprint density at radius 1 is 1.14 bits per heavy atom. The monoisotopic (exact) mass is 314 g/mol. The lowest BCUT2D eigenvalue weighted by Gasteiger charge is -2.13. The van der Waals surface area contributed by atoms with E-state index in [9.17, 15) is 13.2 Å². The summed E-state index contributed by atoms with van der Waals surface area (Å²) < 4.78 is 43.3. The van der Waals surface area contributed by atoms with Crippen molar-refractivity contribution in [1.82, 2.24) is 0 Å². The van der Waals surface area contributed by atoms with Gasteiger partial charge >= 0.3 is 6.18 Å². The first kappa shape index (κ1) is 15.2. The third-order valence-electron chi connectivity index (χ3n) is 2.63. The molecule has 0 unspecified atom stereocenters. The van der Waals surface area contributed by atoms with Crippen LogP contribution in [0, 0.1) is 5.41 Å². The summed E-state index contributed by atoms with van der Waals surface area (Å²) in [6.07, 6.45) is -4.46. The number of hydrogen-bond acceptors (Lipinski definition) is 2. The normalized spacial score (nSPS) is 11.2. The third-order valence-corrected chi connectivity index (χ3v) is 2.95. The first-order chi connectivity index (χ1) is 9.79. The fraction of sp³-hybridized carbons (Fsp3) is 0.0714. The molecule has 0 aliphatic heterocycles. The minimum absolute atomic E-state index is 0.0189. The maximum atomic E-state index is 12.6. The van der Waals surface area contributed by atoms with E-state index in [0.29, 0.717) is 0 Å². The fourth-order valence-corrected chi connectivity index (χ4v) is 1.98. The Morgan fingerprint density at radius 3 is 2.43 bits per heavy atom. The maximum absolute atomic E-state index is 12.6. The number of nitrogens with one attached hydrogen (secondary N) is 1. The second kappa shape index (κ2) is 5.65. The summed E-state index contributed by atoms with van der Waals surface area (Å²) in [4.78, 5) is 0. The SMILES string of the molecule is N=C(N)c1c(Cl)cccc1Oc1cccc(C(F)(F)F)c1. The number of rotatable bonds is 3. The standard InChI is InChI=1S/C14H10ClF3N2O/c15-10-5-2-6-11(12(10)13(19)20)21-9-4-1-3-8(7-9)14(16,17)18/h1-7H,(H3,19,20). The van der Waals surface area contributed by atoms with E-state index in [1.807, 2.05) is 0 Å². The molecule has 3 N–H and O–H groups in total. The van der Waals surface area contributed by atoms with Crippen LogP contribution < -0.4 is 10.5 Å². The Labute approximate surface area is 123 Å². The van der Waals surface area contributed by atoms with Crippen molar-refractivity contribution in [2.24, 2.45) is 5.73 Å². The summed E-state index contributed by atoms with van der Waals surface area (Å²) in [6, 6.07) is 8.95. The number of alkyl halides is 3. The van der Waals surface area contributed by atoms with Crippen molar-refractivity contribution < 1.29 is 17.9 Å². The Bertz CT molecular complexity index is 686. The highest BCUT2D eigenvalue weighted by molar-refractivity contribution is 6.34. The molecule has 7 heteroatoms. The van der Waals surface area contributed by atoms with E-state index in [4.69, 9.17) is 27.5 Å². The van der Waals surface area contributed by atoms with E-state index in [-0.39, 0.29) is 27.9 Å². The number of hydrogen-bond donors (Lipinski definition) is 2. The lowest BCUT2D eigenvalue weighted by Crippen LogP contribution is -2.13. The van der Waals surface area contributed by atoms with Crippen molar-refractivity contribution in [3.8, 4) is 11.5 Å². The van der Waals surface area contributed by atoms with Gasteiger partial charge < -0.3 is 10.5 Å². The maximum Gasteiger partial charge on any atom is 0.416 e. The third kappa shape index (κ3) is 3.46. The van der Waals surface area contributed by atoms with Gasteiger partial charge in [0.1, 0.15) is 17.3 Å². The highest BCUT2D eigenvalue weighted by Gasteiger charge is 2.30. The molecule has 0 radical (unpaired) electrons. The molecule has 2 aromatic rings. The van der Waals surface area contributed by atoms with Crippen molar-refractivity contribution in [1.29, 1.82) is 5.41 Å². The molecule has 3 nitrogen and oxygen atoms in total. The quantitative estimate of drug-likeness (QED) is 0.650. The fourth-order valence-electron chi connectivity index (χ4n) is 1.71. The molecule has 0 spiro atoms. The van der Waals surface area contributed by atoms with Crippen LogP contribution in [-0.2, 0) is 6.18 Å². The molecule has 0 heterocycles. The summed E-state index contributed by atoms with van der Waals surface area (Å²) in [7, 11) is 0. The molecule has 0 aliphatic carbocycles. The van der Waals surface area contributed by atoms with Crippen LogP contribution in [-0.4, -0.2) is 5.84 Å². The minimum atomic E-state index is -4.46. The zero-order chi connectivity index (χ0) is 15.6. The van der Waals surface area contributed by atoms with Gasteiger partial charge in [0.05, 0.1) is 16.1 Å². The molecule has 0 saturated heterocycles. The average Bonchev–Trinajstić information content (AvgIpc) is 2.37. The molecular formula is C14H10ClF3N2O. The van der Waals surface area contributed by atoms with Gasteiger partial charge in [0, 0.05) is 0 Å². The van der Waals surface area contributed by atoms with Crippen molar-refractivity contribution in [3.63, 3.8) is 0 Å². The second-order valence-corrected chi connectivity index (χ2v) is 4.56. The number of benzene rings is 2. The molecule has 0 fully saturated rings. The Balaban J connectivity index is 2.40. The van der Waals surface area contributed by atoms with E-state index < -0.39 is 11.7 Å². The zero-order valence-corrected chi connectivity index (χ0v) is 11.3. The van der Waals surface area contributed by atoms with Crippen LogP contribution in [0.15, 0.2) is 42.5 Å². The first-order valence-corrected chi connectivity index (χ1v) is 6.15. The van der Waals surface area contributed by atoms with Crippen molar-refractivity contribution in [2.75, 3.05) is 0 Å². The Hall–Kier alpha value is -2.21. The number of nitrogens with two attached hydrogens (primary N) is 1. The molecule has 0 aliphatic rings. The lowest BCUT2D eigenvalue weighted by atomic mass is 10.1. The predicted octanol–water partition coefficient (Wildman–Crippen LogP) is 4.44. The van der Waals surface area contributed by atoms with E-state index >= 15 is 0 Å². The predicted molar refractivity (Wildman–Crippen MR) is 74.0 cm³/mol. The van der Waals surface area contributed by atoms with Crippen molar-refractivity contribution >= 4 is 17.4 Å². The van der Waals surface area contributed by atoms with Crippen molar-refractivity contribution in [2.45, 2.75) is 6.18 Å². The number of nitrogen functional groups attached to an aromatic ring is 1. The van der Waals surface area contributed by atoms with Crippen LogP contribution in [0.4, 0.5) is 13.2 Å². The van der Waals surface area contributed by atoms with Crippen LogP contribution in [0.3, 0.4) is 0 Å². The van der Waals surface area contributed by atoms with Gasteiger partial charge in [-0.2, -0.15) is 13.2 Å². The second-order valence-electron chi connectivity index (χ2n) is 4.15. The van der Waals surface area contributed by atoms with E-state index in [1.165, 1.54) is 24.3 Å². The molecule has 21 heavy (non-hydrogen) atoms. The summed E-state index contributed by atoms with van der Waals surface area (Å²) in [5.41, 5.74) is 4.72. The van der Waals surface area contributed by atoms with Gasteiger partial charge in [-0.1, -0.05) is 23.7 Å². The molecular weight excluding hydrogens is 305 g/mol. The van der Waals surface area contributed by atoms with Crippen LogP contribution >= 0.6 is 11.6 Å². The number of amidine groups is 1. The molecule has 0 amide bonds. The number of halogens is 4. The summed E-state index contributed by atoms with van der Waals surface area (Å²) in [5.74, 6) is -0.230. The zero-order valence-electron chi connectivity index (χ0n) is 10.5. The van der Waals surface area contributed by atoms with Gasteiger partial charge in [-0.05, 0) is 30.3 Å². The minimum Gasteiger partial charge on any atom is -0.457 e. The summed E-state index contributed by atoms with van der Waals surface area (Å²) in [5, 5.41) is 7.64. The van der Waals surface area contributed by atoms with E-state index in [1.54, 1.807) is 6.07 Å². The van der Waals surface area contributed by atoms with E-state index in [2.05, 4.69) is 0 Å².